The number of aromatic nitrogens is 2. The van der Waals surface area contributed by atoms with Gasteiger partial charge in [-0.15, -0.1) is 0 Å². The lowest BCUT2D eigenvalue weighted by Crippen LogP contribution is -2.07. The van der Waals surface area contributed by atoms with Crippen LogP contribution in [0.4, 0.5) is 10.2 Å². The van der Waals surface area contributed by atoms with E-state index in [1.807, 2.05) is 7.05 Å². The summed E-state index contributed by atoms with van der Waals surface area (Å²) < 4.78 is 13.5. The molecule has 1 aromatic carbocycles. The first kappa shape index (κ1) is 13.8. The maximum absolute atomic E-state index is 13.5. The second-order valence-electron chi connectivity index (χ2n) is 5.33. The van der Waals surface area contributed by atoms with Gasteiger partial charge in [-0.25, -0.2) is 14.4 Å². The highest BCUT2D eigenvalue weighted by atomic mass is 19.1. The van der Waals surface area contributed by atoms with Crippen molar-refractivity contribution in [3.63, 3.8) is 0 Å². The first-order valence-corrected chi connectivity index (χ1v) is 7.25. The van der Waals surface area contributed by atoms with Crippen LogP contribution in [0.1, 0.15) is 30.5 Å². The number of nitrogens with one attached hydrogen (secondary N) is 1. The normalized spacial score (nSPS) is 14.4. The van der Waals surface area contributed by atoms with Crippen LogP contribution in [0.3, 0.4) is 0 Å². The van der Waals surface area contributed by atoms with E-state index in [2.05, 4.69) is 15.3 Å². The molecule has 0 unspecified atom stereocenters. The average Bonchev–Trinajstić information content (AvgIpc) is 2.70. The zero-order valence-electron chi connectivity index (χ0n) is 12.0. The molecule has 0 atom stereocenters. The van der Waals surface area contributed by atoms with Crippen LogP contribution >= 0.6 is 0 Å². The number of phenolic OH excluding ortho intramolecular Hbond substituents is 1. The molecule has 3 rings (SSSR count). The fraction of sp³-hybridized carbons (Fsp3) is 0.375. The molecule has 0 spiro atoms. The molecule has 0 radical (unpaired) electrons. The van der Waals surface area contributed by atoms with Crippen LogP contribution in [0, 0.1) is 5.82 Å². The van der Waals surface area contributed by atoms with Gasteiger partial charge in [0.25, 0.3) is 0 Å². The number of hydrogen-bond acceptors (Lipinski definition) is 4. The molecule has 21 heavy (non-hydrogen) atoms. The minimum Gasteiger partial charge on any atom is -0.508 e. The summed E-state index contributed by atoms with van der Waals surface area (Å²) in [6.07, 6.45) is 5.34. The molecule has 110 valence electrons. The van der Waals surface area contributed by atoms with E-state index < -0.39 is 5.82 Å². The molecule has 0 amide bonds. The van der Waals surface area contributed by atoms with Crippen LogP contribution in [0.15, 0.2) is 18.2 Å². The van der Waals surface area contributed by atoms with Gasteiger partial charge in [0.05, 0.1) is 0 Å². The second kappa shape index (κ2) is 5.68. The third-order valence-corrected chi connectivity index (χ3v) is 3.81. The summed E-state index contributed by atoms with van der Waals surface area (Å²) in [4.78, 5) is 9.10. The number of fused-ring (bicyclic) bond motifs is 1. The molecule has 0 bridgehead atoms. The third-order valence-electron chi connectivity index (χ3n) is 3.81. The lowest BCUT2D eigenvalue weighted by atomic mass is 10.1. The van der Waals surface area contributed by atoms with Gasteiger partial charge in [-0.2, -0.15) is 0 Å². The highest BCUT2D eigenvalue weighted by Gasteiger charge is 2.17. The molecule has 0 fully saturated rings. The van der Waals surface area contributed by atoms with Crippen molar-refractivity contribution in [1.82, 2.24) is 9.97 Å². The Labute approximate surface area is 123 Å². The smallest absolute Gasteiger partial charge is 0.162 e. The van der Waals surface area contributed by atoms with Crippen molar-refractivity contribution in [3.8, 4) is 17.1 Å². The topological polar surface area (TPSA) is 58.0 Å². The molecule has 1 heterocycles. The Morgan fingerprint density at radius 1 is 1.10 bits per heavy atom. The number of nitrogens with zero attached hydrogens (tertiary/aromatic N) is 2. The van der Waals surface area contributed by atoms with Crippen LogP contribution in [0.25, 0.3) is 11.4 Å². The molecule has 0 aliphatic heterocycles. The number of halogens is 1. The average molecular weight is 287 g/mol. The van der Waals surface area contributed by atoms with Crippen molar-refractivity contribution in [2.24, 2.45) is 0 Å². The SMILES string of the molecule is CNc1nc(-c2cc(O)cc(F)c2)nc2c1CCCCC2. The van der Waals surface area contributed by atoms with E-state index in [4.69, 9.17) is 0 Å². The first-order valence-electron chi connectivity index (χ1n) is 7.25. The van der Waals surface area contributed by atoms with Crippen molar-refractivity contribution >= 4 is 5.82 Å². The van der Waals surface area contributed by atoms with Gasteiger partial charge in [0, 0.05) is 29.9 Å². The van der Waals surface area contributed by atoms with Gasteiger partial charge < -0.3 is 10.4 Å². The van der Waals surface area contributed by atoms with Gasteiger partial charge >= 0.3 is 0 Å². The summed E-state index contributed by atoms with van der Waals surface area (Å²) in [5, 5.41) is 12.7. The van der Waals surface area contributed by atoms with Crippen LogP contribution in [0.2, 0.25) is 0 Å². The number of aryl methyl sites for hydroxylation is 1. The summed E-state index contributed by atoms with van der Waals surface area (Å²) in [5.74, 6) is 0.652. The molecular weight excluding hydrogens is 269 g/mol. The summed E-state index contributed by atoms with van der Waals surface area (Å²) in [6, 6.07) is 3.91. The van der Waals surface area contributed by atoms with E-state index in [1.165, 1.54) is 24.1 Å². The van der Waals surface area contributed by atoms with E-state index in [0.717, 1.165) is 43.3 Å². The van der Waals surface area contributed by atoms with Crippen molar-refractivity contribution in [2.45, 2.75) is 32.1 Å². The Bertz CT molecular complexity index is 653. The largest absolute Gasteiger partial charge is 0.508 e. The molecule has 2 aromatic rings. The highest BCUT2D eigenvalue weighted by Crippen LogP contribution is 2.29. The van der Waals surface area contributed by atoms with Crippen LogP contribution in [-0.4, -0.2) is 22.1 Å². The predicted octanol–water partition coefficient (Wildman–Crippen LogP) is 3.30. The van der Waals surface area contributed by atoms with E-state index in [-0.39, 0.29) is 5.75 Å². The maximum Gasteiger partial charge on any atom is 0.162 e. The summed E-state index contributed by atoms with van der Waals surface area (Å²) in [6.45, 7) is 0. The summed E-state index contributed by atoms with van der Waals surface area (Å²) in [7, 11) is 1.83. The third kappa shape index (κ3) is 2.82. The quantitative estimate of drug-likeness (QED) is 0.832. The van der Waals surface area contributed by atoms with Crippen LogP contribution in [-0.2, 0) is 12.8 Å². The van der Waals surface area contributed by atoms with Crippen molar-refractivity contribution in [1.29, 1.82) is 0 Å². The number of benzene rings is 1. The van der Waals surface area contributed by atoms with E-state index in [0.29, 0.717) is 11.4 Å². The fourth-order valence-electron chi connectivity index (χ4n) is 2.81. The van der Waals surface area contributed by atoms with Gasteiger partial charge in [-0.3, -0.25) is 0 Å². The number of aromatic hydroxyl groups is 1. The Morgan fingerprint density at radius 3 is 2.67 bits per heavy atom. The van der Waals surface area contributed by atoms with Crippen LogP contribution < -0.4 is 5.32 Å². The monoisotopic (exact) mass is 287 g/mol. The maximum atomic E-state index is 13.5. The lowest BCUT2D eigenvalue weighted by Gasteiger charge is -2.13. The van der Waals surface area contributed by atoms with Gasteiger partial charge in [0.2, 0.25) is 0 Å². The zero-order valence-corrected chi connectivity index (χ0v) is 12.0. The van der Waals surface area contributed by atoms with Crippen LogP contribution in [0.5, 0.6) is 5.75 Å². The fourth-order valence-corrected chi connectivity index (χ4v) is 2.81. The van der Waals surface area contributed by atoms with E-state index in [9.17, 15) is 9.50 Å². The lowest BCUT2D eigenvalue weighted by molar-refractivity contribution is 0.469. The number of anilines is 1. The van der Waals surface area contributed by atoms with Gasteiger partial charge in [0.1, 0.15) is 17.4 Å². The molecule has 2 N–H and O–H groups in total. The molecule has 1 aliphatic rings. The summed E-state index contributed by atoms with van der Waals surface area (Å²) in [5.41, 5.74) is 2.70. The van der Waals surface area contributed by atoms with Gasteiger partial charge in [-0.1, -0.05) is 6.42 Å². The van der Waals surface area contributed by atoms with Gasteiger partial charge in [-0.05, 0) is 37.8 Å². The van der Waals surface area contributed by atoms with E-state index in [1.54, 1.807) is 0 Å². The zero-order chi connectivity index (χ0) is 14.8. The minimum atomic E-state index is -0.491. The van der Waals surface area contributed by atoms with Crippen molar-refractivity contribution in [3.05, 3.63) is 35.3 Å². The molecule has 4 nitrogen and oxygen atoms in total. The molecule has 0 saturated carbocycles. The van der Waals surface area contributed by atoms with E-state index >= 15 is 0 Å². The number of hydrogen-bond donors (Lipinski definition) is 2. The number of rotatable bonds is 2. The Morgan fingerprint density at radius 2 is 1.90 bits per heavy atom. The predicted molar refractivity (Wildman–Crippen MR) is 79.9 cm³/mol. The first-order chi connectivity index (χ1) is 10.2. The van der Waals surface area contributed by atoms with Crippen molar-refractivity contribution in [2.75, 3.05) is 12.4 Å². The Balaban J connectivity index is 2.13. The van der Waals surface area contributed by atoms with Crippen molar-refractivity contribution < 1.29 is 9.50 Å². The second-order valence-corrected chi connectivity index (χ2v) is 5.33. The minimum absolute atomic E-state index is 0.116. The molecule has 1 aromatic heterocycles. The molecular formula is C16H18FN3O. The Kier molecular flexibility index (Phi) is 3.73. The molecule has 1 aliphatic carbocycles. The highest BCUT2D eigenvalue weighted by molar-refractivity contribution is 5.61. The standard InChI is InChI=1S/C16H18FN3O/c1-18-16-13-5-3-2-4-6-14(13)19-15(20-16)10-7-11(17)9-12(21)8-10/h7-9,21H,2-6H2,1H3,(H,18,19,20). The van der Waals surface area contributed by atoms with Gasteiger partial charge in [0.15, 0.2) is 5.82 Å². The Hall–Kier alpha value is -2.17. The molecule has 0 saturated heterocycles. The number of phenols is 1. The molecule has 5 heteroatoms. The summed E-state index contributed by atoms with van der Waals surface area (Å²) >= 11 is 0.